The van der Waals surface area contributed by atoms with E-state index in [2.05, 4.69) is 17.4 Å². The van der Waals surface area contributed by atoms with E-state index in [1.807, 2.05) is 37.3 Å². The van der Waals surface area contributed by atoms with E-state index in [4.69, 9.17) is 14.2 Å². The molecular weight excluding hydrogens is 326 g/mol. The monoisotopic (exact) mass is 351 g/mol. The molecule has 0 heterocycles. The van der Waals surface area contributed by atoms with Crippen molar-refractivity contribution >= 4 is 12.4 Å². The van der Waals surface area contributed by atoms with Gasteiger partial charge in [0.1, 0.15) is 5.75 Å². The molecule has 24 heavy (non-hydrogen) atoms. The number of rotatable bonds is 9. The molecule has 0 radical (unpaired) electrons. The Balaban J connectivity index is 0.00000288. The smallest absolute Gasteiger partial charge is 0.161 e. The Bertz CT molecular complexity index is 619. The third-order valence-corrected chi connectivity index (χ3v) is 3.62. The van der Waals surface area contributed by atoms with E-state index in [9.17, 15) is 0 Å². The molecule has 0 spiro atoms. The summed E-state index contributed by atoms with van der Waals surface area (Å²) in [6, 6.07) is 14.1. The highest BCUT2D eigenvalue weighted by Gasteiger charge is 2.05. The summed E-state index contributed by atoms with van der Waals surface area (Å²) in [5.74, 6) is 2.50. The Morgan fingerprint density at radius 1 is 0.917 bits per heavy atom. The fraction of sp³-hybridized carbons (Fsp3) is 0.368. The number of hydrogen-bond acceptors (Lipinski definition) is 4. The maximum atomic E-state index is 5.53. The van der Waals surface area contributed by atoms with Gasteiger partial charge < -0.3 is 19.5 Å². The third kappa shape index (κ3) is 5.62. The Kier molecular flexibility index (Phi) is 9.05. The van der Waals surface area contributed by atoms with E-state index < -0.39 is 0 Å². The van der Waals surface area contributed by atoms with Crippen molar-refractivity contribution in [3.63, 3.8) is 0 Å². The van der Waals surface area contributed by atoms with Crippen LogP contribution in [0.25, 0.3) is 0 Å². The Hall–Kier alpha value is -1.91. The van der Waals surface area contributed by atoms with Crippen molar-refractivity contribution in [1.82, 2.24) is 5.32 Å². The average molecular weight is 352 g/mol. The molecule has 2 rings (SSSR count). The van der Waals surface area contributed by atoms with E-state index in [1.165, 1.54) is 11.1 Å². The fourth-order valence-corrected chi connectivity index (χ4v) is 2.46. The van der Waals surface area contributed by atoms with Gasteiger partial charge in [0.25, 0.3) is 0 Å². The van der Waals surface area contributed by atoms with Crippen LogP contribution in [0.5, 0.6) is 17.2 Å². The topological polar surface area (TPSA) is 39.7 Å². The summed E-state index contributed by atoms with van der Waals surface area (Å²) in [6.07, 6.45) is 0.929. The number of hydrogen-bond donors (Lipinski definition) is 1. The van der Waals surface area contributed by atoms with Crippen molar-refractivity contribution < 1.29 is 14.2 Å². The second-order valence-corrected chi connectivity index (χ2v) is 5.16. The molecular formula is C19H26ClNO3. The number of benzene rings is 2. The van der Waals surface area contributed by atoms with Gasteiger partial charge in [0.2, 0.25) is 0 Å². The molecule has 0 aromatic heterocycles. The molecule has 0 aliphatic carbocycles. The molecule has 0 aliphatic heterocycles. The molecule has 5 heteroatoms. The van der Waals surface area contributed by atoms with Crippen LogP contribution in [0.15, 0.2) is 42.5 Å². The summed E-state index contributed by atoms with van der Waals surface area (Å²) in [6.45, 7) is 4.27. The van der Waals surface area contributed by atoms with Crippen LogP contribution in [0.2, 0.25) is 0 Å². The standard InChI is InChI=1S/C19H25NO3.ClH/c1-4-23-18-10-9-15(13-19(18)22-3)14-20-12-11-16-7-5-6-8-17(16)21-2;/h5-10,13,20H,4,11-12,14H2,1-3H3;1H. The summed E-state index contributed by atoms with van der Waals surface area (Å²) in [5, 5.41) is 3.45. The zero-order chi connectivity index (χ0) is 16.5. The summed E-state index contributed by atoms with van der Waals surface area (Å²) >= 11 is 0. The van der Waals surface area contributed by atoms with Gasteiger partial charge in [0.05, 0.1) is 20.8 Å². The molecule has 0 fully saturated rings. The number of methoxy groups -OCH3 is 2. The molecule has 4 nitrogen and oxygen atoms in total. The molecule has 0 saturated carbocycles. The van der Waals surface area contributed by atoms with Crippen LogP contribution in [-0.2, 0) is 13.0 Å². The van der Waals surface area contributed by atoms with Crippen LogP contribution in [0, 0.1) is 0 Å². The molecule has 0 atom stereocenters. The van der Waals surface area contributed by atoms with Gasteiger partial charge in [0.15, 0.2) is 11.5 Å². The van der Waals surface area contributed by atoms with E-state index in [1.54, 1.807) is 14.2 Å². The zero-order valence-electron chi connectivity index (χ0n) is 14.5. The third-order valence-electron chi connectivity index (χ3n) is 3.62. The quantitative estimate of drug-likeness (QED) is 0.696. The molecule has 1 N–H and O–H groups in total. The molecule has 2 aromatic rings. The van der Waals surface area contributed by atoms with Crippen molar-refractivity contribution in [2.45, 2.75) is 19.9 Å². The SMILES string of the molecule is CCOc1ccc(CNCCc2ccccc2OC)cc1OC.Cl. The van der Waals surface area contributed by atoms with Crippen molar-refractivity contribution in [3.05, 3.63) is 53.6 Å². The molecule has 0 bridgehead atoms. The van der Waals surface area contributed by atoms with E-state index in [0.29, 0.717) is 6.61 Å². The van der Waals surface area contributed by atoms with Gasteiger partial charge in [-0.25, -0.2) is 0 Å². The Morgan fingerprint density at radius 2 is 1.67 bits per heavy atom. The van der Waals surface area contributed by atoms with E-state index in [-0.39, 0.29) is 12.4 Å². The van der Waals surface area contributed by atoms with Gasteiger partial charge in [-0.2, -0.15) is 0 Å². The highest BCUT2D eigenvalue weighted by molar-refractivity contribution is 5.85. The number of para-hydroxylation sites is 1. The van der Waals surface area contributed by atoms with Crippen LogP contribution in [0.1, 0.15) is 18.1 Å². The predicted octanol–water partition coefficient (Wildman–Crippen LogP) is 3.86. The lowest BCUT2D eigenvalue weighted by Gasteiger charge is -2.12. The lowest BCUT2D eigenvalue weighted by atomic mass is 10.1. The highest BCUT2D eigenvalue weighted by Crippen LogP contribution is 2.28. The van der Waals surface area contributed by atoms with Crippen molar-refractivity contribution in [1.29, 1.82) is 0 Å². The Morgan fingerprint density at radius 3 is 2.38 bits per heavy atom. The highest BCUT2D eigenvalue weighted by atomic mass is 35.5. The van der Waals surface area contributed by atoms with Gasteiger partial charge in [-0.1, -0.05) is 24.3 Å². The molecule has 0 aliphatic rings. The second-order valence-electron chi connectivity index (χ2n) is 5.16. The first-order chi connectivity index (χ1) is 11.3. The lowest BCUT2D eigenvalue weighted by Crippen LogP contribution is -2.17. The van der Waals surface area contributed by atoms with Crippen LogP contribution >= 0.6 is 12.4 Å². The maximum absolute atomic E-state index is 5.53. The lowest BCUT2D eigenvalue weighted by molar-refractivity contribution is 0.310. The Labute approximate surface area is 150 Å². The molecule has 0 unspecified atom stereocenters. The van der Waals surface area contributed by atoms with Crippen molar-refractivity contribution in [2.75, 3.05) is 27.4 Å². The normalized spacial score (nSPS) is 9.96. The summed E-state index contributed by atoms with van der Waals surface area (Å²) in [4.78, 5) is 0. The van der Waals surface area contributed by atoms with Crippen molar-refractivity contribution in [3.8, 4) is 17.2 Å². The first-order valence-electron chi connectivity index (χ1n) is 7.90. The van der Waals surface area contributed by atoms with Crippen molar-refractivity contribution in [2.24, 2.45) is 0 Å². The van der Waals surface area contributed by atoms with Crippen LogP contribution < -0.4 is 19.5 Å². The average Bonchev–Trinajstić information content (AvgIpc) is 2.60. The van der Waals surface area contributed by atoms with Crippen LogP contribution in [0.4, 0.5) is 0 Å². The summed E-state index contributed by atoms with van der Waals surface area (Å²) in [7, 11) is 3.37. The van der Waals surface area contributed by atoms with E-state index in [0.717, 1.165) is 36.8 Å². The fourth-order valence-electron chi connectivity index (χ4n) is 2.46. The van der Waals surface area contributed by atoms with Crippen LogP contribution in [0.3, 0.4) is 0 Å². The molecule has 132 valence electrons. The van der Waals surface area contributed by atoms with Gasteiger partial charge in [-0.05, 0) is 49.2 Å². The molecule has 0 saturated heterocycles. The molecule has 0 amide bonds. The van der Waals surface area contributed by atoms with Gasteiger partial charge in [-0.3, -0.25) is 0 Å². The maximum Gasteiger partial charge on any atom is 0.161 e. The first-order valence-corrected chi connectivity index (χ1v) is 7.90. The minimum atomic E-state index is 0. The van der Waals surface area contributed by atoms with Gasteiger partial charge in [0, 0.05) is 6.54 Å². The minimum Gasteiger partial charge on any atom is -0.496 e. The summed E-state index contributed by atoms with van der Waals surface area (Å²) in [5.41, 5.74) is 2.39. The number of halogens is 1. The van der Waals surface area contributed by atoms with E-state index >= 15 is 0 Å². The van der Waals surface area contributed by atoms with Crippen LogP contribution in [-0.4, -0.2) is 27.4 Å². The largest absolute Gasteiger partial charge is 0.496 e. The predicted molar refractivity (Wildman–Crippen MR) is 99.8 cm³/mol. The summed E-state index contributed by atoms with van der Waals surface area (Å²) < 4.78 is 16.3. The van der Waals surface area contributed by atoms with Gasteiger partial charge in [-0.15, -0.1) is 12.4 Å². The minimum absolute atomic E-state index is 0. The second kappa shape index (κ2) is 10.8. The number of nitrogens with one attached hydrogen (secondary N) is 1. The first kappa shape index (κ1) is 20.1. The van der Waals surface area contributed by atoms with Gasteiger partial charge >= 0.3 is 0 Å². The zero-order valence-corrected chi connectivity index (χ0v) is 15.3. The number of ether oxygens (including phenoxy) is 3. The molecule has 2 aromatic carbocycles.